The average Bonchev–Trinajstić information content (AvgIpc) is 3.13. The molecule has 0 aliphatic heterocycles. The van der Waals surface area contributed by atoms with Gasteiger partial charge in [0.25, 0.3) is 0 Å². The molecule has 18 heavy (non-hydrogen) atoms. The summed E-state index contributed by atoms with van der Waals surface area (Å²) in [4.78, 5) is 22.6. The van der Waals surface area contributed by atoms with Gasteiger partial charge in [0.05, 0.1) is 6.21 Å². The van der Waals surface area contributed by atoms with Gasteiger partial charge >= 0.3 is 11.8 Å². The number of hydrazone groups is 1. The van der Waals surface area contributed by atoms with Gasteiger partial charge in [0, 0.05) is 10.5 Å². The molecule has 0 atom stereocenters. The highest BCUT2D eigenvalue weighted by molar-refractivity contribution is 9.10. The molecule has 5 nitrogen and oxygen atoms in total. The van der Waals surface area contributed by atoms with Crippen molar-refractivity contribution in [2.75, 3.05) is 0 Å². The van der Waals surface area contributed by atoms with Crippen LogP contribution in [0.15, 0.2) is 33.8 Å². The van der Waals surface area contributed by atoms with E-state index in [9.17, 15) is 9.59 Å². The fraction of sp³-hybridized carbons (Fsp3) is 0.250. The van der Waals surface area contributed by atoms with Crippen molar-refractivity contribution in [3.63, 3.8) is 0 Å². The van der Waals surface area contributed by atoms with E-state index in [4.69, 9.17) is 0 Å². The number of carbonyl (C=O) groups is 2. The first-order valence-electron chi connectivity index (χ1n) is 5.54. The van der Waals surface area contributed by atoms with Crippen molar-refractivity contribution in [3.05, 3.63) is 34.3 Å². The Bertz CT molecular complexity index is 498. The number of benzene rings is 1. The number of hydrogen-bond donors (Lipinski definition) is 2. The summed E-state index contributed by atoms with van der Waals surface area (Å²) in [6.45, 7) is 0. The topological polar surface area (TPSA) is 70.6 Å². The van der Waals surface area contributed by atoms with E-state index < -0.39 is 11.8 Å². The molecule has 0 bridgehead atoms. The summed E-state index contributed by atoms with van der Waals surface area (Å²) in [6.07, 6.45) is 3.37. The number of amides is 2. The molecule has 0 saturated heterocycles. The van der Waals surface area contributed by atoms with Gasteiger partial charge in [-0.1, -0.05) is 28.1 Å². The summed E-state index contributed by atoms with van der Waals surface area (Å²) >= 11 is 3.33. The van der Waals surface area contributed by atoms with E-state index in [0.717, 1.165) is 22.9 Å². The number of nitrogens with one attached hydrogen (secondary N) is 2. The third kappa shape index (κ3) is 3.96. The zero-order valence-corrected chi connectivity index (χ0v) is 11.1. The molecule has 1 aromatic carbocycles. The van der Waals surface area contributed by atoms with Crippen LogP contribution in [0.1, 0.15) is 18.4 Å². The smallest absolute Gasteiger partial charge is 0.329 e. The van der Waals surface area contributed by atoms with Crippen molar-refractivity contribution in [1.82, 2.24) is 10.7 Å². The van der Waals surface area contributed by atoms with Crippen molar-refractivity contribution in [2.24, 2.45) is 5.10 Å². The van der Waals surface area contributed by atoms with Gasteiger partial charge in [-0.3, -0.25) is 9.59 Å². The van der Waals surface area contributed by atoms with Crippen molar-refractivity contribution in [2.45, 2.75) is 18.9 Å². The highest BCUT2D eigenvalue weighted by Crippen LogP contribution is 2.18. The summed E-state index contributed by atoms with van der Waals surface area (Å²) in [5, 5.41) is 6.30. The molecule has 1 fully saturated rings. The van der Waals surface area contributed by atoms with E-state index >= 15 is 0 Å². The second kappa shape index (κ2) is 5.77. The van der Waals surface area contributed by atoms with Gasteiger partial charge in [-0.2, -0.15) is 5.10 Å². The van der Waals surface area contributed by atoms with Crippen LogP contribution in [-0.4, -0.2) is 24.1 Å². The zero-order chi connectivity index (χ0) is 13.0. The molecule has 0 heterocycles. The SMILES string of the molecule is O=C(N/N=C\c1cccc(Br)c1)C(=O)NC1CC1. The van der Waals surface area contributed by atoms with Crippen LogP contribution in [0.25, 0.3) is 0 Å². The van der Waals surface area contributed by atoms with Crippen LogP contribution in [0.2, 0.25) is 0 Å². The predicted octanol–water partition coefficient (Wildman–Crippen LogP) is 1.18. The van der Waals surface area contributed by atoms with Gasteiger partial charge in [0.2, 0.25) is 0 Å². The van der Waals surface area contributed by atoms with Crippen molar-refractivity contribution in [3.8, 4) is 0 Å². The highest BCUT2D eigenvalue weighted by Gasteiger charge is 2.26. The first-order chi connectivity index (χ1) is 8.65. The molecule has 6 heteroatoms. The number of rotatable bonds is 3. The Kier molecular flexibility index (Phi) is 4.09. The molecule has 1 aromatic rings. The molecule has 2 N–H and O–H groups in total. The first kappa shape index (κ1) is 12.8. The molecule has 0 radical (unpaired) electrons. The largest absolute Gasteiger partial charge is 0.345 e. The first-order valence-corrected chi connectivity index (χ1v) is 6.34. The lowest BCUT2D eigenvalue weighted by molar-refractivity contribution is -0.139. The molecule has 2 amide bonds. The summed E-state index contributed by atoms with van der Waals surface area (Å²) in [5.74, 6) is -1.38. The molecule has 0 aromatic heterocycles. The Morgan fingerprint density at radius 1 is 1.33 bits per heavy atom. The van der Waals surface area contributed by atoms with Crippen LogP contribution >= 0.6 is 15.9 Å². The maximum atomic E-state index is 11.3. The standard InChI is InChI=1S/C12H12BrN3O2/c13-9-3-1-2-8(6-9)7-14-16-12(18)11(17)15-10-4-5-10/h1-3,6-7,10H,4-5H2,(H,15,17)(H,16,18)/b14-7-. The lowest BCUT2D eigenvalue weighted by Crippen LogP contribution is -2.38. The van der Waals surface area contributed by atoms with Crippen LogP contribution in [0, 0.1) is 0 Å². The van der Waals surface area contributed by atoms with Gasteiger partial charge in [0.1, 0.15) is 0 Å². The highest BCUT2D eigenvalue weighted by atomic mass is 79.9. The summed E-state index contributed by atoms with van der Waals surface area (Å²) in [5.41, 5.74) is 3.01. The molecule has 0 unspecified atom stereocenters. The van der Waals surface area contributed by atoms with Crippen LogP contribution in [-0.2, 0) is 9.59 Å². The number of carbonyl (C=O) groups excluding carboxylic acids is 2. The van der Waals surface area contributed by atoms with Gasteiger partial charge in [0.15, 0.2) is 0 Å². The molecule has 0 spiro atoms. The normalized spacial score (nSPS) is 14.5. The number of halogens is 1. The lowest BCUT2D eigenvalue weighted by Gasteiger charge is -2.00. The quantitative estimate of drug-likeness (QED) is 0.500. The van der Waals surface area contributed by atoms with E-state index in [1.54, 1.807) is 0 Å². The number of nitrogens with zero attached hydrogens (tertiary/aromatic N) is 1. The minimum absolute atomic E-state index is 0.164. The van der Waals surface area contributed by atoms with Crippen LogP contribution < -0.4 is 10.7 Å². The Labute approximate surface area is 113 Å². The van der Waals surface area contributed by atoms with Crippen LogP contribution in [0.4, 0.5) is 0 Å². The Morgan fingerprint density at radius 3 is 2.78 bits per heavy atom. The molecule has 2 rings (SSSR count). The second-order valence-electron chi connectivity index (χ2n) is 4.00. The summed E-state index contributed by atoms with van der Waals surface area (Å²) in [7, 11) is 0. The van der Waals surface area contributed by atoms with E-state index in [2.05, 4.69) is 31.8 Å². The maximum absolute atomic E-state index is 11.3. The third-order valence-electron chi connectivity index (χ3n) is 2.35. The minimum atomic E-state index is -0.742. The van der Waals surface area contributed by atoms with Gasteiger partial charge in [-0.05, 0) is 30.5 Å². The molecule has 1 aliphatic rings. The van der Waals surface area contributed by atoms with Crippen molar-refractivity contribution >= 4 is 34.0 Å². The zero-order valence-electron chi connectivity index (χ0n) is 9.52. The predicted molar refractivity (Wildman–Crippen MR) is 71.0 cm³/mol. The van der Waals surface area contributed by atoms with Crippen LogP contribution in [0.3, 0.4) is 0 Å². The van der Waals surface area contributed by atoms with Crippen molar-refractivity contribution in [1.29, 1.82) is 0 Å². The average molecular weight is 310 g/mol. The van der Waals surface area contributed by atoms with E-state index in [1.165, 1.54) is 6.21 Å². The maximum Gasteiger partial charge on any atom is 0.329 e. The Morgan fingerprint density at radius 2 is 2.11 bits per heavy atom. The monoisotopic (exact) mass is 309 g/mol. The second-order valence-corrected chi connectivity index (χ2v) is 4.92. The van der Waals surface area contributed by atoms with Crippen molar-refractivity contribution < 1.29 is 9.59 Å². The molecular weight excluding hydrogens is 298 g/mol. The van der Waals surface area contributed by atoms with E-state index in [-0.39, 0.29) is 6.04 Å². The Hall–Kier alpha value is -1.69. The molecule has 1 saturated carbocycles. The van der Waals surface area contributed by atoms with E-state index in [0.29, 0.717) is 0 Å². The van der Waals surface area contributed by atoms with Crippen LogP contribution in [0.5, 0.6) is 0 Å². The minimum Gasteiger partial charge on any atom is -0.345 e. The Balaban J connectivity index is 1.82. The van der Waals surface area contributed by atoms with E-state index in [1.807, 2.05) is 24.3 Å². The molecule has 1 aliphatic carbocycles. The lowest BCUT2D eigenvalue weighted by atomic mass is 10.2. The fourth-order valence-corrected chi connectivity index (χ4v) is 1.70. The van der Waals surface area contributed by atoms with Gasteiger partial charge in [-0.25, -0.2) is 5.43 Å². The molecule has 94 valence electrons. The van der Waals surface area contributed by atoms with Gasteiger partial charge < -0.3 is 5.32 Å². The van der Waals surface area contributed by atoms with Gasteiger partial charge in [-0.15, -0.1) is 0 Å². The summed E-state index contributed by atoms with van der Waals surface area (Å²) in [6, 6.07) is 7.59. The summed E-state index contributed by atoms with van der Waals surface area (Å²) < 4.78 is 0.921. The molecular formula is C12H12BrN3O2. The fourth-order valence-electron chi connectivity index (χ4n) is 1.28. The third-order valence-corrected chi connectivity index (χ3v) is 2.84. The number of hydrogen-bond acceptors (Lipinski definition) is 3.